The number of pyridine rings is 1. The first-order valence-corrected chi connectivity index (χ1v) is 6.59. The summed E-state index contributed by atoms with van der Waals surface area (Å²) >= 11 is 11.5. The number of halogens is 2. The highest BCUT2D eigenvalue weighted by atomic mass is 35.5. The summed E-state index contributed by atoms with van der Waals surface area (Å²) in [6, 6.07) is 1.07. The van der Waals surface area contributed by atoms with Gasteiger partial charge >= 0.3 is 5.97 Å². The normalized spacial score (nSPS) is 22.2. The van der Waals surface area contributed by atoms with Gasteiger partial charge in [0.1, 0.15) is 5.15 Å². The molecule has 1 aromatic rings. The fourth-order valence-electron chi connectivity index (χ4n) is 2.23. The van der Waals surface area contributed by atoms with E-state index in [2.05, 4.69) is 10.3 Å². The number of aliphatic carboxylic acids is 1. The van der Waals surface area contributed by atoms with Crippen molar-refractivity contribution >= 4 is 35.1 Å². The molecule has 1 heterocycles. The molecule has 19 heavy (non-hydrogen) atoms. The summed E-state index contributed by atoms with van der Waals surface area (Å²) in [5, 5.41) is 12.1. The second-order valence-electron chi connectivity index (χ2n) is 4.45. The fraction of sp³-hybridized carbons (Fsp3) is 0.417. The number of carbonyl (C=O) groups is 2. The van der Waals surface area contributed by atoms with Crippen LogP contribution in [0.4, 0.5) is 0 Å². The zero-order valence-corrected chi connectivity index (χ0v) is 11.4. The summed E-state index contributed by atoms with van der Waals surface area (Å²) in [6.07, 6.45) is 3.35. The molecule has 1 saturated carbocycles. The van der Waals surface area contributed by atoms with Gasteiger partial charge in [0.05, 0.1) is 16.5 Å². The Hall–Kier alpha value is -1.33. The Morgan fingerprint density at radius 1 is 1.37 bits per heavy atom. The maximum absolute atomic E-state index is 12.0. The van der Waals surface area contributed by atoms with Crippen LogP contribution in [0, 0.1) is 5.92 Å². The van der Waals surface area contributed by atoms with Gasteiger partial charge in [-0.15, -0.1) is 0 Å². The topological polar surface area (TPSA) is 79.3 Å². The molecule has 5 nitrogen and oxygen atoms in total. The lowest BCUT2D eigenvalue weighted by atomic mass is 10.0. The number of nitrogens with zero attached hydrogens (tertiary/aromatic N) is 1. The molecule has 0 spiro atoms. The lowest BCUT2D eigenvalue weighted by Gasteiger charge is -2.17. The number of amides is 1. The minimum atomic E-state index is -0.880. The van der Waals surface area contributed by atoms with Gasteiger partial charge in [-0.2, -0.15) is 0 Å². The average Bonchev–Trinajstić information content (AvgIpc) is 2.80. The summed E-state index contributed by atoms with van der Waals surface area (Å²) in [4.78, 5) is 26.8. The average molecular weight is 303 g/mol. The summed E-state index contributed by atoms with van der Waals surface area (Å²) in [7, 11) is 0. The number of carbonyl (C=O) groups excluding carboxylic acids is 1. The van der Waals surface area contributed by atoms with Crippen molar-refractivity contribution in [2.75, 3.05) is 0 Å². The Labute approximate surface area is 119 Å². The van der Waals surface area contributed by atoms with Crippen LogP contribution >= 0.6 is 23.2 Å². The molecule has 0 radical (unpaired) electrons. The number of hydrogen-bond acceptors (Lipinski definition) is 3. The highest BCUT2D eigenvalue weighted by Crippen LogP contribution is 2.26. The minimum Gasteiger partial charge on any atom is -0.481 e. The first-order chi connectivity index (χ1) is 8.99. The SMILES string of the molecule is O=C(NC1CCCC1C(=O)O)c1cnc(Cl)c(Cl)c1. The van der Waals surface area contributed by atoms with Crippen molar-refractivity contribution in [3.63, 3.8) is 0 Å². The lowest BCUT2D eigenvalue weighted by molar-refractivity contribution is -0.142. The van der Waals surface area contributed by atoms with Gasteiger partial charge in [-0.1, -0.05) is 29.6 Å². The minimum absolute atomic E-state index is 0.127. The van der Waals surface area contributed by atoms with E-state index in [0.717, 1.165) is 6.42 Å². The van der Waals surface area contributed by atoms with Gasteiger partial charge in [-0.25, -0.2) is 4.98 Å². The van der Waals surface area contributed by atoms with Crippen LogP contribution in [-0.4, -0.2) is 28.0 Å². The molecule has 0 saturated heterocycles. The number of hydrogen-bond donors (Lipinski definition) is 2. The molecule has 2 unspecified atom stereocenters. The van der Waals surface area contributed by atoms with E-state index in [1.807, 2.05) is 0 Å². The Kier molecular flexibility index (Phi) is 4.27. The number of aromatic nitrogens is 1. The van der Waals surface area contributed by atoms with Crippen LogP contribution in [0.25, 0.3) is 0 Å². The first kappa shape index (κ1) is 14.1. The van der Waals surface area contributed by atoms with Gasteiger partial charge < -0.3 is 10.4 Å². The van der Waals surface area contributed by atoms with Crippen LogP contribution in [0.5, 0.6) is 0 Å². The molecule has 1 aliphatic carbocycles. The van der Waals surface area contributed by atoms with Gasteiger partial charge in [-0.05, 0) is 18.9 Å². The van der Waals surface area contributed by atoms with Crippen LogP contribution in [0.3, 0.4) is 0 Å². The van der Waals surface area contributed by atoms with E-state index in [-0.39, 0.29) is 27.7 Å². The third-order valence-corrected chi connectivity index (χ3v) is 3.89. The number of nitrogens with one attached hydrogen (secondary N) is 1. The van der Waals surface area contributed by atoms with E-state index < -0.39 is 11.9 Å². The molecule has 0 aromatic carbocycles. The zero-order valence-electron chi connectivity index (χ0n) is 9.90. The Morgan fingerprint density at radius 2 is 2.11 bits per heavy atom. The second-order valence-corrected chi connectivity index (χ2v) is 5.22. The van der Waals surface area contributed by atoms with Crippen molar-refractivity contribution in [3.05, 3.63) is 28.0 Å². The van der Waals surface area contributed by atoms with Crippen LogP contribution in [-0.2, 0) is 4.79 Å². The molecule has 0 bridgehead atoms. The molecule has 7 heteroatoms. The molecular weight excluding hydrogens is 291 g/mol. The summed E-state index contributed by atoms with van der Waals surface area (Å²) < 4.78 is 0. The lowest BCUT2D eigenvalue weighted by Crippen LogP contribution is -2.40. The molecule has 0 aliphatic heterocycles. The molecule has 1 amide bonds. The molecule has 2 rings (SSSR count). The number of rotatable bonds is 3. The standard InChI is InChI=1S/C12H12Cl2N2O3/c13-8-4-6(5-15-10(8)14)11(17)16-9-3-1-2-7(9)12(18)19/h4-5,7,9H,1-3H2,(H,16,17)(H,18,19). The number of carboxylic acid groups (broad SMARTS) is 1. The molecule has 102 valence electrons. The van der Waals surface area contributed by atoms with E-state index in [9.17, 15) is 9.59 Å². The number of carboxylic acids is 1. The predicted molar refractivity (Wildman–Crippen MR) is 70.5 cm³/mol. The quantitative estimate of drug-likeness (QED) is 0.840. The fourth-order valence-corrected chi connectivity index (χ4v) is 2.50. The Bertz CT molecular complexity index is 522. The van der Waals surface area contributed by atoms with Crippen molar-refractivity contribution in [3.8, 4) is 0 Å². The predicted octanol–water partition coefficient (Wildman–Crippen LogP) is 2.37. The summed E-state index contributed by atoms with van der Waals surface area (Å²) in [5.41, 5.74) is 0.269. The van der Waals surface area contributed by atoms with Gasteiger partial charge in [-0.3, -0.25) is 9.59 Å². The molecule has 1 fully saturated rings. The first-order valence-electron chi connectivity index (χ1n) is 5.83. The van der Waals surface area contributed by atoms with Gasteiger partial charge in [0, 0.05) is 12.2 Å². The second kappa shape index (κ2) is 5.75. The highest BCUT2D eigenvalue weighted by Gasteiger charge is 2.34. The third kappa shape index (κ3) is 3.16. The third-order valence-electron chi connectivity index (χ3n) is 3.21. The van der Waals surface area contributed by atoms with Crippen molar-refractivity contribution in [1.82, 2.24) is 10.3 Å². The summed E-state index contributed by atoms with van der Waals surface area (Å²) in [5.74, 6) is -1.79. The Balaban J connectivity index is 2.08. The van der Waals surface area contributed by atoms with Gasteiger partial charge in [0.2, 0.25) is 0 Å². The maximum Gasteiger partial charge on any atom is 0.308 e. The molecule has 1 aliphatic rings. The smallest absolute Gasteiger partial charge is 0.308 e. The zero-order chi connectivity index (χ0) is 14.0. The highest BCUT2D eigenvalue weighted by molar-refractivity contribution is 6.41. The van der Waals surface area contributed by atoms with Gasteiger partial charge in [0.15, 0.2) is 0 Å². The van der Waals surface area contributed by atoms with E-state index in [1.165, 1.54) is 12.3 Å². The van der Waals surface area contributed by atoms with Crippen LogP contribution in [0.1, 0.15) is 29.6 Å². The monoisotopic (exact) mass is 302 g/mol. The maximum atomic E-state index is 12.0. The van der Waals surface area contributed by atoms with Crippen molar-refractivity contribution in [2.24, 2.45) is 5.92 Å². The van der Waals surface area contributed by atoms with Crippen molar-refractivity contribution in [1.29, 1.82) is 0 Å². The van der Waals surface area contributed by atoms with Crippen LogP contribution < -0.4 is 5.32 Å². The van der Waals surface area contributed by atoms with Gasteiger partial charge in [0.25, 0.3) is 5.91 Å². The van der Waals surface area contributed by atoms with E-state index in [4.69, 9.17) is 28.3 Å². The van der Waals surface area contributed by atoms with E-state index >= 15 is 0 Å². The van der Waals surface area contributed by atoms with E-state index in [0.29, 0.717) is 12.8 Å². The van der Waals surface area contributed by atoms with Crippen molar-refractivity contribution in [2.45, 2.75) is 25.3 Å². The van der Waals surface area contributed by atoms with Crippen LogP contribution in [0.15, 0.2) is 12.3 Å². The summed E-state index contributed by atoms with van der Waals surface area (Å²) in [6.45, 7) is 0. The molecule has 2 atom stereocenters. The molecule has 2 N–H and O–H groups in total. The van der Waals surface area contributed by atoms with Crippen LogP contribution in [0.2, 0.25) is 10.2 Å². The molecule has 1 aromatic heterocycles. The van der Waals surface area contributed by atoms with E-state index in [1.54, 1.807) is 0 Å². The molecular formula is C12H12Cl2N2O3. The Morgan fingerprint density at radius 3 is 2.74 bits per heavy atom. The van der Waals surface area contributed by atoms with Crippen molar-refractivity contribution < 1.29 is 14.7 Å². The largest absolute Gasteiger partial charge is 0.481 e.